The molecule has 124 valence electrons. The molecule has 0 radical (unpaired) electrons. The Morgan fingerprint density at radius 2 is 2.33 bits per heavy atom. The zero-order chi connectivity index (χ0) is 16.4. The first-order valence-corrected chi connectivity index (χ1v) is 8.25. The molecule has 24 heavy (non-hydrogen) atoms. The summed E-state index contributed by atoms with van der Waals surface area (Å²) < 4.78 is 3.93. The van der Waals surface area contributed by atoms with Gasteiger partial charge in [-0.25, -0.2) is 14.6 Å². The molecule has 0 saturated heterocycles. The van der Waals surface area contributed by atoms with Crippen molar-refractivity contribution in [2.45, 2.75) is 25.7 Å². The monoisotopic (exact) mass is 343 g/mol. The molecule has 1 aliphatic rings. The van der Waals surface area contributed by atoms with Crippen molar-refractivity contribution in [3.05, 3.63) is 59.7 Å². The molecule has 0 saturated carbocycles. The van der Waals surface area contributed by atoms with E-state index in [0.717, 1.165) is 43.3 Å². The van der Waals surface area contributed by atoms with E-state index >= 15 is 0 Å². The van der Waals surface area contributed by atoms with Crippen LogP contribution >= 0.6 is 11.6 Å². The van der Waals surface area contributed by atoms with Crippen molar-refractivity contribution in [1.29, 1.82) is 0 Å². The van der Waals surface area contributed by atoms with Crippen LogP contribution in [0.1, 0.15) is 11.4 Å². The van der Waals surface area contributed by atoms with Gasteiger partial charge < -0.3 is 15.2 Å². The summed E-state index contributed by atoms with van der Waals surface area (Å²) in [5.74, 6) is 1.08. The summed E-state index contributed by atoms with van der Waals surface area (Å²) in [7, 11) is 0. The van der Waals surface area contributed by atoms with Crippen LogP contribution in [0.25, 0.3) is 5.69 Å². The minimum absolute atomic E-state index is 0.319. The molecule has 1 unspecified atom stereocenters. The molecular weight excluding hydrogens is 326 g/mol. The quantitative estimate of drug-likeness (QED) is 0.748. The number of aromatic nitrogens is 5. The molecule has 0 amide bonds. The van der Waals surface area contributed by atoms with E-state index in [-0.39, 0.29) is 0 Å². The van der Waals surface area contributed by atoms with Gasteiger partial charge in [-0.3, -0.25) is 0 Å². The van der Waals surface area contributed by atoms with Crippen molar-refractivity contribution in [3.8, 4) is 5.69 Å². The second-order valence-corrected chi connectivity index (χ2v) is 6.25. The molecule has 1 aromatic carbocycles. The molecule has 2 aromatic heterocycles. The number of nitrogens with zero attached hydrogens (tertiary/aromatic N) is 5. The zero-order valence-electron chi connectivity index (χ0n) is 13.1. The fourth-order valence-electron chi connectivity index (χ4n) is 2.96. The fraction of sp³-hybridized carbons (Fsp3) is 0.312. The Labute approximate surface area is 144 Å². The first kappa shape index (κ1) is 15.3. The van der Waals surface area contributed by atoms with Crippen LogP contribution in [0.2, 0.25) is 5.02 Å². The first-order chi connectivity index (χ1) is 11.8. The third-order valence-electron chi connectivity index (χ3n) is 4.19. The smallest absolute Gasteiger partial charge is 0.138 e. The molecule has 4 rings (SSSR count). The minimum Gasteiger partial charge on any atom is -0.332 e. The van der Waals surface area contributed by atoms with Crippen LogP contribution in [0.4, 0.5) is 0 Å². The van der Waals surface area contributed by atoms with Gasteiger partial charge in [0, 0.05) is 43.1 Å². The Hall–Kier alpha value is -2.22. The Balaban J connectivity index is 1.50. The van der Waals surface area contributed by atoms with Crippen molar-refractivity contribution in [2.24, 2.45) is 0 Å². The molecule has 8 heteroatoms. The lowest BCUT2D eigenvalue weighted by Crippen LogP contribution is -2.39. The molecule has 7 nitrogen and oxygen atoms in total. The van der Waals surface area contributed by atoms with Crippen LogP contribution in [0.3, 0.4) is 0 Å². The van der Waals surface area contributed by atoms with Crippen molar-refractivity contribution >= 4 is 11.6 Å². The van der Waals surface area contributed by atoms with Gasteiger partial charge in [0.1, 0.15) is 18.5 Å². The van der Waals surface area contributed by atoms with Gasteiger partial charge in [0.15, 0.2) is 0 Å². The normalized spacial score (nSPS) is 17.5. The van der Waals surface area contributed by atoms with Crippen LogP contribution in [0.15, 0.2) is 43.2 Å². The van der Waals surface area contributed by atoms with Gasteiger partial charge in [-0.2, -0.15) is 5.10 Å². The Bertz CT molecular complexity index is 812. The summed E-state index contributed by atoms with van der Waals surface area (Å²) in [6.45, 7) is 3.32. The number of benzene rings is 1. The minimum atomic E-state index is 0.319. The maximum atomic E-state index is 6.15. The fourth-order valence-corrected chi connectivity index (χ4v) is 3.12. The first-order valence-electron chi connectivity index (χ1n) is 7.87. The van der Waals surface area contributed by atoms with Gasteiger partial charge in [-0.1, -0.05) is 17.7 Å². The number of rotatable bonds is 4. The van der Waals surface area contributed by atoms with E-state index in [2.05, 4.69) is 30.3 Å². The lowest BCUT2D eigenvalue weighted by Gasteiger charge is -2.18. The van der Waals surface area contributed by atoms with Crippen molar-refractivity contribution in [2.75, 3.05) is 6.54 Å². The summed E-state index contributed by atoms with van der Waals surface area (Å²) >= 11 is 6.15. The van der Waals surface area contributed by atoms with Crippen molar-refractivity contribution < 1.29 is 0 Å². The largest absolute Gasteiger partial charge is 0.332 e. The van der Waals surface area contributed by atoms with E-state index < -0.39 is 0 Å². The van der Waals surface area contributed by atoms with Crippen LogP contribution in [-0.2, 0) is 19.6 Å². The van der Waals surface area contributed by atoms with Gasteiger partial charge in [0.05, 0.1) is 12.2 Å². The van der Waals surface area contributed by atoms with Crippen LogP contribution in [0, 0.1) is 0 Å². The van der Waals surface area contributed by atoms with Crippen molar-refractivity contribution in [1.82, 2.24) is 34.9 Å². The average Bonchev–Trinajstić information content (AvgIpc) is 3.23. The van der Waals surface area contributed by atoms with E-state index in [4.69, 9.17) is 11.6 Å². The Morgan fingerprint density at radius 1 is 1.38 bits per heavy atom. The maximum Gasteiger partial charge on any atom is 0.138 e. The molecule has 0 aliphatic carbocycles. The van der Waals surface area contributed by atoms with Gasteiger partial charge in [-0.05, 0) is 17.7 Å². The zero-order valence-corrected chi connectivity index (χ0v) is 13.8. The highest BCUT2D eigenvalue weighted by molar-refractivity contribution is 6.30. The number of nitrogens with one attached hydrogen (secondary N) is 2. The third-order valence-corrected chi connectivity index (χ3v) is 4.42. The number of fused-ring (bicyclic) bond motifs is 1. The molecule has 3 heterocycles. The molecule has 1 aliphatic heterocycles. The summed E-state index contributed by atoms with van der Waals surface area (Å²) in [5, 5.41) is 11.9. The third kappa shape index (κ3) is 3.19. The van der Waals surface area contributed by atoms with E-state index in [1.54, 1.807) is 11.0 Å². The standard InChI is InChI=1S/C16H18ClN7/c17-13-2-1-12(15(5-13)24-11-19-10-22-24)6-21-14-7-18-8-16-20-3-4-23(16)9-14/h1-5,10-11,14,18,21H,6-9H2. The molecular formula is C16H18ClN7. The predicted octanol–water partition coefficient (Wildman–Crippen LogP) is 1.38. The van der Waals surface area contributed by atoms with Crippen LogP contribution < -0.4 is 10.6 Å². The number of imidazole rings is 1. The maximum absolute atomic E-state index is 6.15. The van der Waals surface area contributed by atoms with Gasteiger partial charge in [0.25, 0.3) is 0 Å². The average molecular weight is 344 g/mol. The molecule has 0 bridgehead atoms. The second-order valence-electron chi connectivity index (χ2n) is 5.82. The van der Waals surface area contributed by atoms with Gasteiger partial charge >= 0.3 is 0 Å². The van der Waals surface area contributed by atoms with E-state index in [0.29, 0.717) is 11.1 Å². The molecule has 0 spiro atoms. The number of hydrogen-bond donors (Lipinski definition) is 2. The van der Waals surface area contributed by atoms with E-state index in [1.165, 1.54) is 6.33 Å². The van der Waals surface area contributed by atoms with Crippen molar-refractivity contribution in [3.63, 3.8) is 0 Å². The van der Waals surface area contributed by atoms with E-state index in [9.17, 15) is 0 Å². The lowest BCUT2D eigenvalue weighted by atomic mass is 10.1. The summed E-state index contributed by atoms with van der Waals surface area (Å²) in [6, 6.07) is 6.16. The second kappa shape index (κ2) is 6.72. The number of halogens is 1. The number of hydrogen-bond acceptors (Lipinski definition) is 5. The molecule has 0 fully saturated rings. The highest BCUT2D eigenvalue weighted by atomic mass is 35.5. The Morgan fingerprint density at radius 3 is 3.21 bits per heavy atom. The molecule has 1 atom stereocenters. The summed E-state index contributed by atoms with van der Waals surface area (Å²) in [5.41, 5.74) is 2.07. The topological polar surface area (TPSA) is 72.6 Å². The highest BCUT2D eigenvalue weighted by Gasteiger charge is 2.16. The predicted molar refractivity (Wildman–Crippen MR) is 90.9 cm³/mol. The SMILES string of the molecule is Clc1ccc(CNC2CNCc3nccn3C2)c(-n2cncn2)c1. The van der Waals surface area contributed by atoms with Crippen LogP contribution in [-0.4, -0.2) is 36.9 Å². The summed E-state index contributed by atoms with van der Waals surface area (Å²) in [4.78, 5) is 8.39. The van der Waals surface area contributed by atoms with E-state index in [1.807, 2.05) is 30.6 Å². The molecule has 2 N–H and O–H groups in total. The highest BCUT2D eigenvalue weighted by Crippen LogP contribution is 2.19. The van der Waals surface area contributed by atoms with Gasteiger partial charge in [-0.15, -0.1) is 0 Å². The van der Waals surface area contributed by atoms with Crippen LogP contribution in [0.5, 0.6) is 0 Å². The molecule has 3 aromatic rings. The Kier molecular flexibility index (Phi) is 4.29. The lowest BCUT2D eigenvalue weighted by molar-refractivity contribution is 0.444. The summed E-state index contributed by atoms with van der Waals surface area (Å²) in [6.07, 6.45) is 7.08. The van der Waals surface area contributed by atoms with Gasteiger partial charge in [0.2, 0.25) is 0 Å².